The molecule has 2 aromatic heterocycles. The SMILES string of the molecule is O=C(NC1CC2CCC1N2)c1ccc(-c2cnc[nH]2)s1. The summed E-state index contributed by atoms with van der Waals surface area (Å²) >= 11 is 1.50. The maximum Gasteiger partial charge on any atom is 0.261 e. The number of carbonyl (C=O) groups is 1. The summed E-state index contributed by atoms with van der Waals surface area (Å²) in [7, 11) is 0. The third-order valence-electron chi connectivity index (χ3n) is 4.21. The van der Waals surface area contributed by atoms with Crippen LogP contribution in [0.5, 0.6) is 0 Å². The number of aromatic nitrogens is 2. The highest BCUT2D eigenvalue weighted by molar-refractivity contribution is 7.17. The molecule has 6 heteroatoms. The number of hydrogen-bond acceptors (Lipinski definition) is 4. The summed E-state index contributed by atoms with van der Waals surface area (Å²) in [6.45, 7) is 0. The van der Waals surface area contributed by atoms with E-state index in [0.29, 0.717) is 18.1 Å². The molecular formula is C14H16N4OS. The van der Waals surface area contributed by atoms with Crippen LogP contribution in [0, 0.1) is 0 Å². The fourth-order valence-electron chi connectivity index (χ4n) is 3.22. The van der Waals surface area contributed by atoms with Crippen molar-refractivity contribution in [3.63, 3.8) is 0 Å². The van der Waals surface area contributed by atoms with Crippen LogP contribution >= 0.6 is 11.3 Å². The molecular weight excluding hydrogens is 272 g/mol. The minimum atomic E-state index is 0.0418. The number of fused-ring (bicyclic) bond motifs is 2. The molecule has 2 aromatic rings. The average molecular weight is 288 g/mol. The van der Waals surface area contributed by atoms with Crippen molar-refractivity contribution >= 4 is 17.2 Å². The summed E-state index contributed by atoms with van der Waals surface area (Å²) in [5, 5.41) is 6.71. The van der Waals surface area contributed by atoms with Crippen LogP contribution < -0.4 is 10.6 Å². The van der Waals surface area contributed by atoms with Crippen molar-refractivity contribution in [2.45, 2.75) is 37.4 Å². The predicted molar refractivity (Wildman–Crippen MR) is 77.7 cm³/mol. The van der Waals surface area contributed by atoms with E-state index in [1.165, 1.54) is 24.2 Å². The highest BCUT2D eigenvalue weighted by atomic mass is 32.1. The molecule has 2 saturated heterocycles. The molecule has 2 aliphatic rings. The van der Waals surface area contributed by atoms with Gasteiger partial charge in [0.2, 0.25) is 0 Å². The van der Waals surface area contributed by atoms with Gasteiger partial charge >= 0.3 is 0 Å². The van der Waals surface area contributed by atoms with Crippen molar-refractivity contribution in [1.82, 2.24) is 20.6 Å². The summed E-state index contributed by atoms with van der Waals surface area (Å²) in [6, 6.07) is 5.22. The van der Waals surface area contributed by atoms with E-state index in [0.717, 1.165) is 21.9 Å². The second kappa shape index (κ2) is 4.71. The van der Waals surface area contributed by atoms with Gasteiger partial charge in [-0.2, -0.15) is 0 Å². The monoisotopic (exact) mass is 288 g/mol. The van der Waals surface area contributed by atoms with Crippen molar-refractivity contribution in [3.05, 3.63) is 29.5 Å². The third-order valence-corrected chi connectivity index (χ3v) is 5.33. The Hall–Kier alpha value is -1.66. The molecule has 1 amide bonds. The van der Waals surface area contributed by atoms with Gasteiger partial charge in [0.1, 0.15) is 0 Å². The number of imidazole rings is 1. The van der Waals surface area contributed by atoms with Gasteiger partial charge in [-0.3, -0.25) is 4.79 Å². The van der Waals surface area contributed by atoms with Gasteiger partial charge in [0.05, 0.1) is 28.0 Å². The molecule has 0 spiro atoms. The number of rotatable bonds is 3. The lowest BCUT2D eigenvalue weighted by Gasteiger charge is -2.20. The number of hydrogen-bond donors (Lipinski definition) is 3. The van der Waals surface area contributed by atoms with Gasteiger partial charge in [0, 0.05) is 18.1 Å². The van der Waals surface area contributed by atoms with Crippen LogP contribution in [-0.2, 0) is 0 Å². The summed E-state index contributed by atoms with van der Waals surface area (Å²) in [4.78, 5) is 21.2. The van der Waals surface area contributed by atoms with E-state index in [9.17, 15) is 4.79 Å². The van der Waals surface area contributed by atoms with Crippen LogP contribution in [0.25, 0.3) is 10.6 Å². The summed E-state index contributed by atoms with van der Waals surface area (Å²) in [6.07, 6.45) is 6.91. The molecule has 0 saturated carbocycles. The van der Waals surface area contributed by atoms with E-state index in [1.54, 1.807) is 12.5 Å². The van der Waals surface area contributed by atoms with Crippen molar-refractivity contribution in [1.29, 1.82) is 0 Å². The van der Waals surface area contributed by atoms with Gasteiger partial charge in [0.15, 0.2) is 0 Å². The molecule has 104 valence electrons. The van der Waals surface area contributed by atoms with Crippen molar-refractivity contribution in [2.24, 2.45) is 0 Å². The average Bonchev–Trinajstić information content (AvgIpc) is 3.21. The minimum Gasteiger partial charge on any atom is -0.347 e. The van der Waals surface area contributed by atoms with Gasteiger partial charge < -0.3 is 15.6 Å². The first kappa shape index (κ1) is 12.1. The highest BCUT2D eigenvalue weighted by Crippen LogP contribution is 2.30. The van der Waals surface area contributed by atoms with Gasteiger partial charge in [-0.1, -0.05) is 0 Å². The van der Waals surface area contributed by atoms with Crippen molar-refractivity contribution in [2.75, 3.05) is 0 Å². The topological polar surface area (TPSA) is 69.8 Å². The zero-order chi connectivity index (χ0) is 13.5. The second-order valence-corrected chi connectivity index (χ2v) is 6.58. The van der Waals surface area contributed by atoms with Crippen LogP contribution in [0.2, 0.25) is 0 Å². The van der Waals surface area contributed by atoms with Crippen LogP contribution in [0.3, 0.4) is 0 Å². The number of nitrogens with zero attached hydrogens (tertiary/aromatic N) is 1. The maximum absolute atomic E-state index is 12.3. The Balaban J connectivity index is 1.46. The van der Waals surface area contributed by atoms with Gasteiger partial charge in [-0.05, 0) is 31.4 Å². The predicted octanol–water partition coefficient (Wildman–Crippen LogP) is 1.76. The number of carbonyl (C=O) groups excluding carboxylic acids is 1. The van der Waals surface area contributed by atoms with Crippen LogP contribution in [-0.4, -0.2) is 34.0 Å². The molecule has 2 bridgehead atoms. The lowest BCUT2D eigenvalue weighted by atomic mass is 9.95. The Labute approximate surface area is 120 Å². The van der Waals surface area contributed by atoms with Crippen LogP contribution in [0.15, 0.2) is 24.7 Å². The quantitative estimate of drug-likeness (QED) is 0.806. The summed E-state index contributed by atoms with van der Waals surface area (Å²) < 4.78 is 0. The summed E-state index contributed by atoms with van der Waals surface area (Å²) in [5.74, 6) is 0.0418. The summed E-state index contributed by atoms with van der Waals surface area (Å²) in [5.41, 5.74) is 0.954. The molecule has 4 heterocycles. The standard InChI is InChI=1S/C14H16N4OS/c19-14(18-10-5-8-1-2-9(10)17-8)13-4-3-12(20-13)11-6-15-7-16-11/h3-4,6-10,17H,1-2,5H2,(H,15,16)(H,18,19). The first-order valence-electron chi connectivity index (χ1n) is 6.95. The maximum atomic E-state index is 12.3. The fraction of sp³-hybridized carbons (Fsp3) is 0.429. The smallest absolute Gasteiger partial charge is 0.261 e. The highest BCUT2D eigenvalue weighted by Gasteiger charge is 2.39. The Morgan fingerprint density at radius 3 is 3.05 bits per heavy atom. The van der Waals surface area contributed by atoms with Gasteiger partial charge in [-0.15, -0.1) is 11.3 Å². The molecule has 2 fully saturated rings. The number of H-pyrrole nitrogens is 1. The first-order valence-corrected chi connectivity index (χ1v) is 7.77. The van der Waals surface area contributed by atoms with Crippen LogP contribution in [0.1, 0.15) is 28.9 Å². The molecule has 5 nitrogen and oxygen atoms in total. The van der Waals surface area contributed by atoms with E-state index in [2.05, 4.69) is 20.6 Å². The van der Waals surface area contributed by atoms with Crippen LogP contribution in [0.4, 0.5) is 0 Å². The fourth-order valence-corrected chi connectivity index (χ4v) is 4.10. The van der Waals surface area contributed by atoms with E-state index in [1.807, 2.05) is 12.1 Å². The molecule has 4 rings (SSSR count). The molecule has 2 aliphatic heterocycles. The molecule has 20 heavy (non-hydrogen) atoms. The number of thiophene rings is 1. The molecule has 3 atom stereocenters. The molecule has 3 N–H and O–H groups in total. The lowest BCUT2D eigenvalue weighted by molar-refractivity contribution is 0.0935. The number of aromatic amines is 1. The normalized spacial score (nSPS) is 27.9. The number of nitrogens with one attached hydrogen (secondary N) is 3. The Morgan fingerprint density at radius 2 is 2.35 bits per heavy atom. The number of amides is 1. The Kier molecular flexibility index (Phi) is 2.85. The van der Waals surface area contributed by atoms with Crippen molar-refractivity contribution in [3.8, 4) is 10.6 Å². The zero-order valence-electron chi connectivity index (χ0n) is 10.9. The largest absolute Gasteiger partial charge is 0.347 e. The first-order chi connectivity index (χ1) is 9.79. The Morgan fingerprint density at radius 1 is 1.40 bits per heavy atom. The molecule has 0 aromatic carbocycles. The molecule has 3 unspecified atom stereocenters. The van der Waals surface area contributed by atoms with Gasteiger partial charge in [0.25, 0.3) is 5.91 Å². The second-order valence-electron chi connectivity index (χ2n) is 5.49. The molecule has 0 aliphatic carbocycles. The zero-order valence-corrected chi connectivity index (χ0v) is 11.7. The van der Waals surface area contributed by atoms with E-state index < -0.39 is 0 Å². The van der Waals surface area contributed by atoms with Gasteiger partial charge in [-0.25, -0.2) is 4.98 Å². The molecule has 0 radical (unpaired) electrons. The minimum absolute atomic E-state index is 0.0418. The van der Waals surface area contributed by atoms with Crippen molar-refractivity contribution < 1.29 is 4.79 Å². The van der Waals surface area contributed by atoms with E-state index in [4.69, 9.17) is 0 Å². The Bertz CT molecular complexity index is 621. The van der Waals surface area contributed by atoms with E-state index in [-0.39, 0.29) is 5.91 Å². The third kappa shape index (κ3) is 2.05. The van der Waals surface area contributed by atoms with E-state index >= 15 is 0 Å². The lowest BCUT2D eigenvalue weighted by Crippen LogP contribution is -2.42.